The fraction of sp³-hybridized carbons (Fsp3) is 0.462. The monoisotopic (exact) mass is 237 g/mol. The maximum absolute atomic E-state index is 13.5. The SMILES string of the molecule is CC(C)(CC1Cc2c(F)cccc2N1)C(=O)O. The second kappa shape index (κ2) is 4.02. The zero-order valence-corrected chi connectivity index (χ0v) is 9.96. The Morgan fingerprint density at radius 1 is 1.59 bits per heavy atom. The van der Waals surface area contributed by atoms with Gasteiger partial charge in [-0.05, 0) is 38.8 Å². The maximum Gasteiger partial charge on any atom is 0.309 e. The lowest BCUT2D eigenvalue weighted by atomic mass is 9.85. The summed E-state index contributed by atoms with van der Waals surface area (Å²) >= 11 is 0. The molecule has 0 spiro atoms. The first-order chi connectivity index (χ1) is 7.90. The van der Waals surface area contributed by atoms with Crippen molar-refractivity contribution in [2.75, 3.05) is 5.32 Å². The van der Waals surface area contributed by atoms with Gasteiger partial charge in [0, 0.05) is 17.3 Å². The Kier molecular flexibility index (Phi) is 2.81. The first-order valence-corrected chi connectivity index (χ1v) is 5.67. The first kappa shape index (κ1) is 11.9. The molecule has 2 rings (SSSR count). The summed E-state index contributed by atoms with van der Waals surface area (Å²) in [5.41, 5.74) is 0.658. The van der Waals surface area contributed by atoms with Crippen LogP contribution in [-0.4, -0.2) is 17.1 Å². The molecule has 0 amide bonds. The Morgan fingerprint density at radius 2 is 2.29 bits per heavy atom. The minimum Gasteiger partial charge on any atom is -0.481 e. The van der Waals surface area contributed by atoms with Crippen LogP contribution in [0, 0.1) is 11.2 Å². The Morgan fingerprint density at radius 3 is 2.88 bits per heavy atom. The van der Waals surface area contributed by atoms with Gasteiger partial charge in [-0.1, -0.05) is 6.07 Å². The van der Waals surface area contributed by atoms with Crippen LogP contribution in [0.3, 0.4) is 0 Å². The highest BCUT2D eigenvalue weighted by atomic mass is 19.1. The van der Waals surface area contributed by atoms with Crippen LogP contribution in [0.5, 0.6) is 0 Å². The van der Waals surface area contributed by atoms with Gasteiger partial charge in [0.15, 0.2) is 0 Å². The molecule has 3 nitrogen and oxygen atoms in total. The molecule has 1 aliphatic rings. The van der Waals surface area contributed by atoms with Gasteiger partial charge in [-0.2, -0.15) is 0 Å². The van der Waals surface area contributed by atoms with Crippen molar-refractivity contribution in [1.29, 1.82) is 0 Å². The number of hydrogen-bond acceptors (Lipinski definition) is 2. The minimum absolute atomic E-state index is 0.00648. The summed E-state index contributed by atoms with van der Waals surface area (Å²) in [5.74, 6) is -1.04. The molecule has 1 aliphatic heterocycles. The largest absolute Gasteiger partial charge is 0.481 e. The second-order valence-corrected chi connectivity index (χ2v) is 5.20. The van der Waals surface area contributed by atoms with Gasteiger partial charge < -0.3 is 10.4 Å². The number of nitrogens with one attached hydrogen (secondary N) is 1. The average Bonchev–Trinajstić information content (AvgIpc) is 2.60. The standard InChI is InChI=1S/C13H16FNO2/c1-13(2,12(16)17)7-8-6-9-10(14)4-3-5-11(9)15-8/h3-5,8,15H,6-7H2,1-2H3,(H,16,17). The summed E-state index contributed by atoms with van der Waals surface area (Å²) in [5, 5.41) is 12.3. The summed E-state index contributed by atoms with van der Waals surface area (Å²) in [4.78, 5) is 11.0. The molecule has 1 aromatic carbocycles. The van der Waals surface area contributed by atoms with E-state index in [1.54, 1.807) is 19.9 Å². The van der Waals surface area contributed by atoms with E-state index in [1.807, 2.05) is 6.07 Å². The lowest BCUT2D eigenvalue weighted by molar-refractivity contribution is -0.147. The topological polar surface area (TPSA) is 49.3 Å². The van der Waals surface area contributed by atoms with Gasteiger partial charge in [0.1, 0.15) is 5.82 Å². The number of carboxylic acid groups (broad SMARTS) is 1. The summed E-state index contributed by atoms with van der Waals surface area (Å²) in [6.07, 6.45) is 1.04. The molecule has 92 valence electrons. The van der Waals surface area contributed by atoms with Crippen LogP contribution in [0.1, 0.15) is 25.8 Å². The molecule has 1 atom stereocenters. The lowest BCUT2D eigenvalue weighted by Gasteiger charge is -2.23. The number of benzene rings is 1. The van der Waals surface area contributed by atoms with E-state index < -0.39 is 11.4 Å². The van der Waals surface area contributed by atoms with E-state index in [1.165, 1.54) is 6.07 Å². The smallest absolute Gasteiger partial charge is 0.309 e. The van der Waals surface area contributed by atoms with Crippen molar-refractivity contribution in [3.63, 3.8) is 0 Å². The molecule has 1 unspecified atom stereocenters. The van der Waals surface area contributed by atoms with Gasteiger partial charge in [-0.15, -0.1) is 0 Å². The predicted molar refractivity (Wildman–Crippen MR) is 63.5 cm³/mol. The molecule has 0 radical (unpaired) electrons. The van der Waals surface area contributed by atoms with E-state index in [0.29, 0.717) is 18.4 Å². The highest BCUT2D eigenvalue weighted by Crippen LogP contribution is 2.33. The van der Waals surface area contributed by atoms with Crippen molar-refractivity contribution < 1.29 is 14.3 Å². The summed E-state index contributed by atoms with van der Waals surface area (Å²) in [6, 6.07) is 4.91. The Balaban J connectivity index is 2.11. The van der Waals surface area contributed by atoms with Gasteiger partial charge in [-0.25, -0.2) is 4.39 Å². The van der Waals surface area contributed by atoms with Gasteiger partial charge >= 0.3 is 5.97 Å². The van der Waals surface area contributed by atoms with Crippen molar-refractivity contribution >= 4 is 11.7 Å². The van der Waals surface area contributed by atoms with Crippen LogP contribution < -0.4 is 5.32 Å². The Labute approximate surface area is 99.7 Å². The number of aliphatic carboxylic acids is 1. The number of hydrogen-bond donors (Lipinski definition) is 2. The number of carbonyl (C=O) groups is 1. The van der Waals surface area contributed by atoms with Crippen LogP contribution in [-0.2, 0) is 11.2 Å². The highest BCUT2D eigenvalue weighted by Gasteiger charge is 2.33. The minimum atomic E-state index is -0.823. The zero-order chi connectivity index (χ0) is 12.6. The number of rotatable bonds is 3. The normalized spacial score (nSPS) is 18.6. The molecule has 4 heteroatoms. The third kappa shape index (κ3) is 2.25. The molecule has 0 bridgehead atoms. The molecule has 1 aromatic rings. The molecule has 0 aliphatic carbocycles. The fourth-order valence-corrected chi connectivity index (χ4v) is 2.25. The Bertz CT molecular complexity index is 457. The Hall–Kier alpha value is -1.58. The molecule has 0 fully saturated rings. The molecule has 0 aromatic heterocycles. The number of carboxylic acids is 1. The van der Waals surface area contributed by atoms with E-state index >= 15 is 0 Å². The molecule has 2 N–H and O–H groups in total. The van der Waals surface area contributed by atoms with Crippen LogP contribution in [0.15, 0.2) is 18.2 Å². The van der Waals surface area contributed by atoms with E-state index in [4.69, 9.17) is 5.11 Å². The van der Waals surface area contributed by atoms with Gasteiger partial charge in [0.25, 0.3) is 0 Å². The van der Waals surface area contributed by atoms with Crippen LogP contribution in [0.4, 0.5) is 10.1 Å². The first-order valence-electron chi connectivity index (χ1n) is 5.67. The summed E-state index contributed by atoms with van der Waals surface area (Å²) < 4.78 is 13.5. The van der Waals surface area contributed by atoms with Crippen molar-refractivity contribution in [3.05, 3.63) is 29.6 Å². The van der Waals surface area contributed by atoms with E-state index in [9.17, 15) is 9.18 Å². The van der Waals surface area contributed by atoms with E-state index in [-0.39, 0.29) is 11.9 Å². The maximum atomic E-state index is 13.5. The van der Waals surface area contributed by atoms with E-state index in [0.717, 1.165) is 5.69 Å². The zero-order valence-electron chi connectivity index (χ0n) is 9.96. The molecule has 17 heavy (non-hydrogen) atoms. The van der Waals surface area contributed by atoms with Crippen LogP contribution in [0.2, 0.25) is 0 Å². The van der Waals surface area contributed by atoms with Gasteiger partial charge in [-0.3, -0.25) is 4.79 Å². The van der Waals surface area contributed by atoms with Gasteiger partial charge in [0.2, 0.25) is 0 Å². The fourth-order valence-electron chi connectivity index (χ4n) is 2.25. The lowest BCUT2D eigenvalue weighted by Crippen LogP contribution is -2.31. The average molecular weight is 237 g/mol. The van der Waals surface area contributed by atoms with Crippen molar-refractivity contribution in [2.24, 2.45) is 5.41 Å². The van der Waals surface area contributed by atoms with E-state index in [2.05, 4.69) is 5.32 Å². The molecule has 1 heterocycles. The highest BCUT2D eigenvalue weighted by molar-refractivity contribution is 5.74. The van der Waals surface area contributed by atoms with Crippen molar-refractivity contribution in [3.8, 4) is 0 Å². The third-order valence-electron chi connectivity index (χ3n) is 3.26. The quantitative estimate of drug-likeness (QED) is 0.849. The number of halogens is 1. The van der Waals surface area contributed by atoms with Crippen molar-refractivity contribution in [1.82, 2.24) is 0 Å². The molecular weight excluding hydrogens is 221 g/mol. The van der Waals surface area contributed by atoms with Crippen LogP contribution in [0.25, 0.3) is 0 Å². The third-order valence-corrected chi connectivity index (χ3v) is 3.26. The number of anilines is 1. The number of fused-ring (bicyclic) bond motifs is 1. The molecule has 0 saturated heterocycles. The second-order valence-electron chi connectivity index (χ2n) is 5.20. The molecular formula is C13H16FNO2. The summed E-state index contributed by atoms with van der Waals surface area (Å²) in [7, 11) is 0. The molecule has 0 saturated carbocycles. The van der Waals surface area contributed by atoms with Crippen LogP contribution >= 0.6 is 0 Å². The van der Waals surface area contributed by atoms with Gasteiger partial charge in [0.05, 0.1) is 5.41 Å². The predicted octanol–water partition coefficient (Wildman–Crippen LogP) is 2.66. The van der Waals surface area contributed by atoms with Crippen molar-refractivity contribution in [2.45, 2.75) is 32.7 Å². The summed E-state index contributed by atoms with van der Waals surface area (Å²) in [6.45, 7) is 3.38.